The number of methoxy groups -OCH3 is 1. The van der Waals surface area contributed by atoms with Crippen LogP contribution in [0.2, 0.25) is 0 Å². The van der Waals surface area contributed by atoms with Crippen LogP contribution in [0.3, 0.4) is 0 Å². The van der Waals surface area contributed by atoms with Crippen molar-refractivity contribution in [3.05, 3.63) is 35.4 Å². The summed E-state index contributed by atoms with van der Waals surface area (Å²) in [5.74, 6) is 1.12. The Bertz CT molecular complexity index is 664. The van der Waals surface area contributed by atoms with Gasteiger partial charge in [0.15, 0.2) is 0 Å². The van der Waals surface area contributed by atoms with Crippen LogP contribution in [0.4, 0.5) is 0 Å². The van der Waals surface area contributed by atoms with Crippen molar-refractivity contribution in [1.82, 2.24) is 15.1 Å². The molecule has 0 radical (unpaired) electrons. The van der Waals surface area contributed by atoms with Gasteiger partial charge in [-0.2, -0.15) is 0 Å². The van der Waals surface area contributed by atoms with E-state index in [1.165, 1.54) is 0 Å². The Morgan fingerprint density at radius 1 is 1.32 bits per heavy atom. The molecule has 0 aliphatic carbocycles. The Labute approximate surface area is 150 Å². The Morgan fingerprint density at radius 3 is 2.80 bits per heavy atom. The topological polar surface area (TPSA) is 79.0 Å². The van der Waals surface area contributed by atoms with Gasteiger partial charge in [0.1, 0.15) is 12.6 Å². The fourth-order valence-electron chi connectivity index (χ4n) is 2.92. The summed E-state index contributed by atoms with van der Waals surface area (Å²) in [5.41, 5.74) is 1.45. The monoisotopic (exact) mass is 363 g/mol. The minimum atomic E-state index is -0.322. The average Bonchev–Trinajstić information content (AvgIpc) is 3.11. The van der Waals surface area contributed by atoms with Crippen LogP contribution >= 0.6 is 11.8 Å². The highest BCUT2D eigenvalue weighted by Crippen LogP contribution is 2.26. The number of nitrogens with one attached hydrogen (secondary N) is 1. The minimum Gasteiger partial charge on any atom is -0.383 e. The van der Waals surface area contributed by atoms with Gasteiger partial charge in [-0.15, -0.1) is 11.8 Å². The highest BCUT2D eigenvalue weighted by molar-refractivity contribution is 7.99. The smallest absolute Gasteiger partial charge is 0.251 e. The number of fused-ring (bicyclic) bond motifs is 1. The number of carbonyl (C=O) groups is 3. The van der Waals surface area contributed by atoms with Gasteiger partial charge in [-0.3, -0.25) is 14.4 Å². The second-order valence-electron chi connectivity index (χ2n) is 6.02. The third-order valence-corrected chi connectivity index (χ3v) is 5.32. The summed E-state index contributed by atoms with van der Waals surface area (Å²) in [4.78, 5) is 39.9. The minimum absolute atomic E-state index is 0.00346. The number of rotatable bonds is 6. The summed E-state index contributed by atoms with van der Waals surface area (Å²) < 4.78 is 4.90. The number of hydrogen-bond donors (Lipinski definition) is 1. The van der Waals surface area contributed by atoms with E-state index in [1.807, 2.05) is 12.1 Å². The van der Waals surface area contributed by atoms with E-state index in [0.29, 0.717) is 36.9 Å². The fourth-order valence-corrected chi connectivity index (χ4v) is 4.09. The van der Waals surface area contributed by atoms with E-state index < -0.39 is 0 Å². The van der Waals surface area contributed by atoms with E-state index in [9.17, 15) is 14.4 Å². The van der Waals surface area contributed by atoms with Crippen molar-refractivity contribution in [1.29, 1.82) is 0 Å². The maximum atomic E-state index is 12.5. The molecule has 0 unspecified atom stereocenters. The zero-order valence-electron chi connectivity index (χ0n) is 14.1. The molecule has 0 aromatic heterocycles. The maximum Gasteiger partial charge on any atom is 0.251 e. The number of nitrogens with zero attached hydrogens (tertiary/aromatic N) is 2. The average molecular weight is 363 g/mol. The largest absolute Gasteiger partial charge is 0.383 e. The van der Waals surface area contributed by atoms with Gasteiger partial charge in [0.25, 0.3) is 5.91 Å². The zero-order chi connectivity index (χ0) is 17.8. The van der Waals surface area contributed by atoms with Gasteiger partial charge in [-0.1, -0.05) is 12.1 Å². The summed E-state index contributed by atoms with van der Waals surface area (Å²) >= 11 is 1.61. The Morgan fingerprint density at radius 2 is 2.08 bits per heavy atom. The number of thioether (sulfide) groups is 1. The van der Waals surface area contributed by atoms with Crippen molar-refractivity contribution in [2.45, 2.75) is 12.6 Å². The molecule has 7 nitrogen and oxygen atoms in total. The first-order chi connectivity index (χ1) is 12.1. The van der Waals surface area contributed by atoms with E-state index in [4.69, 9.17) is 4.74 Å². The van der Waals surface area contributed by atoms with Crippen molar-refractivity contribution in [2.75, 3.05) is 38.4 Å². The number of piperazine rings is 1. The predicted molar refractivity (Wildman–Crippen MR) is 94.0 cm³/mol. The molecule has 1 aromatic carbocycles. The predicted octanol–water partition coefficient (Wildman–Crippen LogP) is 0.307. The fraction of sp³-hybridized carbons (Fsp3) is 0.471. The SMILES string of the molecule is COCCNC(=O)c1ccc(CN2CC(=O)N3CSC[C@@H]3C2=O)cc1. The molecule has 1 N–H and O–H groups in total. The number of benzene rings is 1. The molecule has 2 fully saturated rings. The highest BCUT2D eigenvalue weighted by atomic mass is 32.2. The normalized spacial score (nSPS) is 20.0. The molecule has 2 heterocycles. The lowest BCUT2D eigenvalue weighted by Crippen LogP contribution is -2.57. The Hall–Kier alpha value is -2.06. The van der Waals surface area contributed by atoms with Crippen molar-refractivity contribution >= 4 is 29.5 Å². The molecule has 2 aliphatic heterocycles. The summed E-state index contributed by atoms with van der Waals surface area (Å²) in [6, 6.07) is 6.77. The van der Waals surface area contributed by atoms with E-state index in [2.05, 4.69) is 5.32 Å². The molecule has 0 saturated carbocycles. The molecule has 0 bridgehead atoms. The molecule has 2 aliphatic rings. The van der Waals surface area contributed by atoms with Crippen molar-refractivity contribution < 1.29 is 19.1 Å². The van der Waals surface area contributed by atoms with Crippen LogP contribution in [0.25, 0.3) is 0 Å². The lowest BCUT2D eigenvalue weighted by molar-refractivity contribution is -0.153. The highest BCUT2D eigenvalue weighted by Gasteiger charge is 2.42. The maximum absolute atomic E-state index is 12.5. The molecular formula is C17H21N3O4S. The third kappa shape index (κ3) is 3.96. The van der Waals surface area contributed by atoms with Crippen LogP contribution in [0.1, 0.15) is 15.9 Å². The van der Waals surface area contributed by atoms with E-state index in [1.54, 1.807) is 40.8 Å². The zero-order valence-corrected chi connectivity index (χ0v) is 14.9. The molecule has 1 aromatic rings. The standard InChI is InChI=1S/C17H21N3O4S/c1-24-7-6-18-16(22)13-4-2-12(3-5-13)8-19-9-15(21)20-11-25-10-14(20)17(19)23/h2-5,14H,6-11H2,1H3,(H,18,22)/t14-/m1/s1. The van der Waals surface area contributed by atoms with Crippen molar-refractivity contribution in [2.24, 2.45) is 0 Å². The molecule has 0 spiro atoms. The van der Waals surface area contributed by atoms with Crippen LogP contribution in [-0.4, -0.2) is 72.0 Å². The number of ether oxygens (including phenoxy) is 1. The third-order valence-electron chi connectivity index (χ3n) is 4.31. The molecule has 1 atom stereocenters. The Balaban J connectivity index is 1.60. The molecule has 134 valence electrons. The lowest BCUT2D eigenvalue weighted by atomic mass is 10.1. The molecule has 3 amide bonds. The van der Waals surface area contributed by atoms with Crippen molar-refractivity contribution in [3.8, 4) is 0 Å². The van der Waals surface area contributed by atoms with Gasteiger partial charge in [0, 0.05) is 31.5 Å². The first kappa shape index (κ1) is 17.8. The van der Waals surface area contributed by atoms with E-state index in [0.717, 1.165) is 5.56 Å². The lowest BCUT2D eigenvalue weighted by Gasteiger charge is -2.35. The summed E-state index contributed by atoms with van der Waals surface area (Å²) in [5, 5.41) is 2.76. The van der Waals surface area contributed by atoms with Gasteiger partial charge in [0.2, 0.25) is 11.8 Å². The molecule has 8 heteroatoms. The quantitative estimate of drug-likeness (QED) is 0.736. The number of amides is 3. The van der Waals surface area contributed by atoms with Gasteiger partial charge < -0.3 is 19.9 Å². The summed E-state index contributed by atoms with van der Waals surface area (Å²) in [6.07, 6.45) is 0. The number of carbonyl (C=O) groups excluding carboxylic acids is 3. The van der Waals surface area contributed by atoms with Gasteiger partial charge in [-0.05, 0) is 17.7 Å². The molecule has 2 saturated heterocycles. The van der Waals surface area contributed by atoms with Crippen LogP contribution in [0.5, 0.6) is 0 Å². The second kappa shape index (κ2) is 7.88. The molecule has 25 heavy (non-hydrogen) atoms. The molecular weight excluding hydrogens is 342 g/mol. The Kier molecular flexibility index (Phi) is 5.60. The van der Waals surface area contributed by atoms with Gasteiger partial charge >= 0.3 is 0 Å². The molecule has 3 rings (SSSR count). The van der Waals surface area contributed by atoms with Crippen LogP contribution in [0.15, 0.2) is 24.3 Å². The van der Waals surface area contributed by atoms with Crippen molar-refractivity contribution in [3.63, 3.8) is 0 Å². The van der Waals surface area contributed by atoms with Gasteiger partial charge in [0.05, 0.1) is 12.5 Å². The first-order valence-electron chi connectivity index (χ1n) is 8.12. The first-order valence-corrected chi connectivity index (χ1v) is 9.27. The number of hydrogen-bond acceptors (Lipinski definition) is 5. The second-order valence-corrected chi connectivity index (χ2v) is 7.02. The van der Waals surface area contributed by atoms with Crippen LogP contribution < -0.4 is 5.32 Å². The van der Waals surface area contributed by atoms with Crippen LogP contribution in [-0.2, 0) is 20.9 Å². The summed E-state index contributed by atoms with van der Waals surface area (Å²) in [6.45, 7) is 1.42. The van der Waals surface area contributed by atoms with Crippen LogP contribution in [0, 0.1) is 0 Å². The summed E-state index contributed by atoms with van der Waals surface area (Å²) in [7, 11) is 1.58. The van der Waals surface area contributed by atoms with E-state index in [-0.39, 0.29) is 30.3 Å². The van der Waals surface area contributed by atoms with Gasteiger partial charge in [-0.25, -0.2) is 0 Å². The van der Waals surface area contributed by atoms with E-state index >= 15 is 0 Å².